The lowest BCUT2D eigenvalue weighted by atomic mass is 10.1. The maximum Gasteiger partial charge on any atom is 0.310 e. The molecule has 0 bridgehead atoms. The first kappa shape index (κ1) is 12.3. The van der Waals surface area contributed by atoms with E-state index in [1.165, 1.54) is 7.11 Å². The molecule has 0 unspecified atom stereocenters. The van der Waals surface area contributed by atoms with Crippen molar-refractivity contribution in [2.45, 2.75) is 6.42 Å². The number of ether oxygens (including phenoxy) is 1. The summed E-state index contributed by atoms with van der Waals surface area (Å²) in [5.41, 5.74) is 0.797. The second-order valence-electron chi connectivity index (χ2n) is 2.34. The van der Waals surface area contributed by atoms with Crippen molar-refractivity contribution < 1.29 is 9.53 Å². The van der Waals surface area contributed by atoms with Crippen LogP contribution in [0.2, 0.25) is 5.02 Å². The molecule has 1 aromatic rings. The molecule has 72 valence electrons. The van der Waals surface area contributed by atoms with Crippen molar-refractivity contribution >= 4 is 30.0 Å². The van der Waals surface area contributed by atoms with Crippen LogP contribution in [0.15, 0.2) is 24.3 Å². The quantitative estimate of drug-likeness (QED) is 0.717. The Bertz CT molecular complexity index is 287. The van der Waals surface area contributed by atoms with Crippen LogP contribution in [0.3, 0.4) is 0 Å². The van der Waals surface area contributed by atoms with Gasteiger partial charge in [0, 0.05) is 5.02 Å². The minimum absolute atomic E-state index is 0. The van der Waals surface area contributed by atoms with Crippen molar-refractivity contribution in [3.8, 4) is 0 Å². The lowest BCUT2D eigenvalue weighted by Gasteiger charge is -2.01. The van der Waals surface area contributed by atoms with Crippen LogP contribution in [0.5, 0.6) is 0 Å². The summed E-state index contributed by atoms with van der Waals surface area (Å²) in [6, 6.07) is 7.21. The smallest absolute Gasteiger partial charge is 0.310 e. The number of carbonyl (C=O) groups is 1. The third-order valence-electron chi connectivity index (χ3n) is 1.52. The zero-order valence-corrected chi connectivity index (χ0v) is 8.69. The summed E-state index contributed by atoms with van der Waals surface area (Å²) in [4.78, 5) is 10.9. The summed E-state index contributed by atoms with van der Waals surface area (Å²) in [6.07, 6.45) is 0.232. The molecule has 2 nitrogen and oxygen atoms in total. The number of methoxy groups -OCH3 is 1. The number of carbonyl (C=O) groups excluding carboxylic acids is 1. The van der Waals surface area contributed by atoms with Gasteiger partial charge in [-0.05, 0) is 11.6 Å². The summed E-state index contributed by atoms with van der Waals surface area (Å²) < 4.78 is 4.51. The monoisotopic (exact) mass is 220 g/mol. The highest BCUT2D eigenvalue weighted by molar-refractivity contribution is 6.31. The van der Waals surface area contributed by atoms with Gasteiger partial charge in [0.25, 0.3) is 0 Å². The second kappa shape index (κ2) is 5.84. The van der Waals surface area contributed by atoms with Crippen molar-refractivity contribution in [3.05, 3.63) is 34.9 Å². The maximum atomic E-state index is 10.9. The first-order valence-electron chi connectivity index (χ1n) is 3.54. The second-order valence-corrected chi connectivity index (χ2v) is 2.75. The molecule has 0 amide bonds. The van der Waals surface area contributed by atoms with Crippen LogP contribution in [-0.4, -0.2) is 13.1 Å². The molecule has 0 atom stereocenters. The number of hydrogen-bond acceptors (Lipinski definition) is 2. The molecule has 0 heterocycles. The van der Waals surface area contributed by atoms with E-state index < -0.39 is 0 Å². The predicted octanol–water partition coefficient (Wildman–Crippen LogP) is 2.48. The van der Waals surface area contributed by atoms with Gasteiger partial charge in [-0.3, -0.25) is 4.79 Å². The van der Waals surface area contributed by atoms with E-state index in [0.29, 0.717) is 5.02 Å². The number of rotatable bonds is 2. The molecule has 1 aromatic carbocycles. The molecule has 13 heavy (non-hydrogen) atoms. The Morgan fingerprint density at radius 1 is 1.46 bits per heavy atom. The number of halogens is 2. The van der Waals surface area contributed by atoms with E-state index in [-0.39, 0.29) is 24.8 Å². The zero-order valence-electron chi connectivity index (χ0n) is 7.12. The Morgan fingerprint density at radius 2 is 2.08 bits per heavy atom. The molecule has 0 N–H and O–H groups in total. The van der Waals surface area contributed by atoms with E-state index in [9.17, 15) is 4.79 Å². The summed E-state index contributed by atoms with van der Waals surface area (Å²) in [5.74, 6) is -0.275. The van der Waals surface area contributed by atoms with Gasteiger partial charge in [-0.2, -0.15) is 0 Å². The van der Waals surface area contributed by atoms with Gasteiger partial charge in [0.15, 0.2) is 0 Å². The molecule has 0 aliphatic rings. The van der Waals surface area contributed by atoms with Crippen molar-refractivity contribution in [1.29, 1.82) is 0 Å². The molecule has 0 saturated carbocycles. The number of hydrogen-bond donors (Lipinski definition) is 0. The predicted molar refractivity (Wildman–Crippen MR) is 54.4 cm³/mol. The van der Waals surface area contributed by atoms with Crippen LogP contribution in [0, 0.1) is 0 Å². The molecular weight excluding hydrogens is 211 g/mol. The van der Waals surface area contributed by atoms with Gasteiger partial charge in [-0.1, -0.05) is 29.8 Å². The van der Waals surface area contributed by atoms with Gasteiger partial charge in [0.2, 0.25) is 0 Å². The van der Waals surface area contributed by atoms with Gasteiger partial charge in [0.05, 0.1) is 13.5 Å². The van der Waals surface area contributed by atoms with E-state index >= 15 is 0 Å². The average Bonchev–Trinajstić information content (AvgIpc) is 2.09. The van der Waals surface area contributed by atoms with Crippen LogP contribution in [0.25, 0.3) is 0 Å². The highest BCUT2D eigenvalue weighted by Crippen LogP contribution is 2.15. The fourth-order valence-electron chi connectivity index (χ4n) is 0.869. The number of benzene rings is 1. The van der Waals surface area contributed by atoms with Crippen molar-refractivity contribution in [3.63, 3.8) is 0 Å². The third-order valence-corrected chi connectivity index (χ3v) is 1.89. The summed E-state index contributed by atoms with van der Waals surface area (Å²) in [7, 11) is 1.36. The number of esters is 1. The average molecular weight is 221 g/mol. The van der Waals surface area contributed by atoms with Crippen LogP contribution < -0.4 is 0 Å². The minimum Gasteiger partial charge on any atom is -0.469 e. The molecule has 0 spiro atoms. The first-order chi connectivity index (χ1) is 5.74. The van der Waals surface area contributed by atoms with Gasteiger partial charge in [-0.15, -0.1) is 12.4 Å². The molecule has 0 aliphatic heterocycles. The van der Waals surface area contributed by atoms with Crippen LogP contribution in [-0.2, 0) is 16.0 Å². The minimum atomic E-state index is -0.275. The van der Waals surface area contributed by atoms with Gasteiger partial charge in [0.1, 0.15) is 0 Å². The molecule has 0 fully saturated rings. The summed E-state index contributed by atoms with van der Waals surface area (Å²) >= 11 is 5.82. The highest BCUT2D eigenvalue weighted by Gasteiger charge is 2.04. The zero-order chi connectivity index (χ0) is 8.97. The molecule has 0 radical (unpaired) electrons. The van der Waals surface area contributed by atoms with Crippen LogP contribution >= 0.6 is 24.0 Å². The van der Waals surface area contributed by atoms with E-state index in [4.69, 9.17) is 11.6 Å². The third kappa shape index (κ3) is 3.66. The van der Waals surface area contributed by atoms with Crippen molar-refractivity contribution in [2.24, 2.45) is 0 Å². The Morgan fingerprint density at radius 3 is 2.62 bits per heavy atom. The van der Waals surface area contributed by atoms with E-state index in [2.05, 4.69) is 4.74 Å². The van der Waals surface area contributed by atoms with Crippen molar-refractivity contribution in [2.75, 3.05) is 7.11 Å². The van der Waals surface area contributed by atoms with Gasteiger partial charge >= 0.3 is 5.97 Å². The fourth-order valence-corrected chi connectivity index (χ4v) is 1.07. The SMILES string of the molecule is COC(=O)Cc1ccccc1Cl.Cl. The molecule has 1 rings (SSSR count). The van der Waals surface area contributed by atoms with Crippen LogP contribution in [0.1, 0.15) is 5.56 Å². The summed E-state index contributed by atoms with van der Waals surface area (Å²) in [6.45, 7) is 0. The lowest BCUT2D eigenvalue weighted by Crippen LogP contribution is -2.04. The van der Waals surface area contributed by atoms with Crippen molar-refractivity contribution in [1.82, 2.24) is 0 Å². The standard InChI is InChI=1S/C9H9ClO2.ClH/c1-12-9(11)6-7-4-2-3-5-8(7)10;/h2-5H,6H2,1H3;1H. The van der Waals surface area contributed by atoms with E-state index in [0.717, 1.165) is 5.56 Å². The molecule has 4 heteroatoms. The normalized spacial score (nSPS) is 8.77. The fraction of sp³-hybridized carbons (Fsp3) is 0.222. The topological polar surface area (TPSA) is 26.3 Å². The Labute approximate surface area is 88.3 Å². The molecule has 0 aliphatic carbocycles. The first-order valence-corrected chi connectivity index (χ1v) is 3.92. The van der Waals surface area contributed by atoms with Gasteiger partial charge < -0.3 is 4.74 Å². The lowest BCUT2D eigenvalue weighted by molar-refractivity contribution is -0.139. The van der Waals surface area contributed by atoms with E-state index in [1.54, 1.807) is 12.1 Å². The molecule has 0 aromatic heterocycles. The van der Waals surface area contributed by atoms with E-state index in [1.807, 2.05) is 12.1 Å². The summed E-state index contributed by atoms with van der Waals surface area (Å²) in [5, 5.41) is 0.600. The highest BCUT2D eigenvalue weighted by atomic mass is 35.5. The molecular formula is C9H10Cl2O2. The maximum absolute atomic E-state index is 10.9. The Balaban J connectivity index is 0.00000144. The molecule has 0 saturated heterocycles. The largest absolute Gasteiger partial charge is 0.469 e. The van der Waals surface area contributed by atoms with Crippen LogP contribution in [0.4, 0.5) is 0 Å². The Kier molecular flexibility index (Phi) is 5.51. The van der Waals surface area contributed by atoms with Gasteiger partial charge in [-0.25, -0.2) is 0 Å². The Hall–Kier alpha value is -0.730.